The van der Waals surface area contributed by atoms with Crippen molar-refractivity contribution >= 4 is 11.6 Å². The molecular formula is C14H22N2O2. The zero-order chi connectivity index (χ0) is 13.4. The Morgan fingerprint density at radius 2 is 1.83 bits per heavy atom. The van der Waals surface area contributed by atoms with E-state index in [0.29, 0.717) is 18.5 Å². The molecule has 0 aliphatic rings. The number of benzene rings is 1. The first-order valence-corrected chi connectivity index (χ1v) is 6.47. The van der Waals surface area contributed by atoms with E-state index in [2.05, 4.69) is 24.1 Å². The zero-order valence-corrected chi connectivity index (χ0v) is 11.1. The number of carbonyl (C=O) groups excluding carboxylic acids is 1. The van der Waals surface area contributed by atoms with Gasteiger partial charge < -0.3 is 15.3 Å². The lowest BCUT2D eigenvalue weighted by molar-refractivity contribution is 0.0951. The van der Waals surface area contributed by atoms with Crippen LogP contribution in [0.25, 0.3) is 0 Å². The van der Waals surface area contributed by atoms with Crippen molar-refractivity contribution in [2.75, 3.05) is 31.1 Å². The number of nitrogens with zero attached hydrogens (tertiary/aromatic N) is 1. The molecule has 0 saturated carbocycles. The SMILES string of the molecule is CCN(CC)c1ccc(C(=O)NCCCO)cc1. The summed E-state index contributed by atoms with van der Waals surface area (Å²) in [6.45, 7) is 6.74. The van der Waals surface area contributed by atoms with E-state index >= 15 is 0 Å². The van der Waals surface area contributed by atoms with Gasteiger partial charge in [-0.05, 0) is 44.5 Å². The van der Waals surface area contributed by atoms with E-state index in [1.807, 2.05) is 24.3 Å². The second kappa shape index (κ2) is 7.71. The zero-order valence-electron chi connectivity index (χ0n) is 11.1. The van der Waals surface area contributed by atoms with Crippen molar-refractivity contribution in [3.63, 3.8) is 0 Å². The second-order valence-electron chi connectivity index (χ2n) is 4.05. The van der Waals surface area contributed by atoms with Gasteiger partial charge in [-0.2, -0.15) is 0 Å². The van der Waals surface area contributed by atoms with Crippen molar-refractivity contribution < 1.29 is 9.90 Å². The first-order valence-electron chi connectivity index (χ1n) is 6.47. The summed E-state index contributed by atoms with van der Waals surface area (Å²) in [6, 6.07) is 7.60. The van der Waals surface area contributed by atoms with Crippen LogP contribution in [-0.4, -0.2) is 37.3 Å². The van der Waals surface area contributed by atoms with E-state index in [0.717, 1.165) is 18.8 Å². The molecule has 4 heteroatoms. The topological polar surface area (TPSA) is 52.6 Å². The monoisotopic (exact) mass is 250 g/mol. The highest BCUT2D eigenvalue weighted by Crippen LogP contribution is 2.14. The van der Waals surface area contributed by atoms with Gasteiger partial charge in [-0.1, -0.05) is 0 Å². The third-order valence-electron chi connectivity index (χ3n) is 2.88. The minimum atomic E-state index is -0.0884. The van der Waals surface area contributed by atoms with Crippen LogP contribution in [0.4, 0.5) is 5.69 Å². The van der Waals surface area contributed by atoms with Gasteiger partial charge in [-0.3, -0.25) is 4.79 Å². The first kappa shape index (κ1) is 14.5. The summed E-state index contributed by atoms with van der Waals surface area (Å²) in [4.78, 5) is 14.0. The molecule has 0 unspecified atom stereocenters. The van der Waals surface area contributed by atoms with E-state index in [1.165, 1.54) is 0 Å². The maximum absolute atomic E-state index is 11.7. The standard InChI is InChI=1S/C14H22N2O2/c1-3-16(4-2)13-8-6-12(7-9-13)14(18)15-10-5-11-17/h6-9,17H,3-5,10-11H2,1-2H3,(H,15,18). The van der Waals surface area contributed by atoms with Crippen molar-refractivity contribution in [3.05, 3.63) is 29.8 Å². The van der Waals surface area contributed by atoms with Crippen LogP contribution in [0.5, 0.6) is 0 Å². The van der Waals surface area contributed by atoms with Crippen molar-refractivity contribution in [2.24, 2.45) is 0 Å². The fourth-order valence-electron chi connectivity index (χ4n) is 1.80. The van der Waals surface area contributed by atoms with E-state index in [1.54, 1.807) is 0 Å². The van der Waals surface area contributed by atoms with Crippen molar-refractivity contribution in [2.45, 2.75) is 20.3 Å². The maximum atomic E-state index is 11.7. The molecule has 1 aromatic carbocycles. The maximum Gasteiger partial charge on any atom is 0.251 e. The second-order valence-corrected chi connectivity index (χ2v) is 4.05. The van der Waals surface area contributed by atoms with Gasteiger partial charge in [0.15, 0.2) is 0 Å². The Bertz CT molecular complexity index is 359. The third kappa shape index (κ3) is 4.04. The molecule has 100 valence electrons. The Labute approximate surface area is 109 Å². The van der Waals surface area contributed by atoms with Gasteiger partial charge in [-0.15, -0.1) is 0 Å². The number of hydrogen-bond donors (Lipinski definition) is 2. The molecule has 0 aliphatic heterocycles. The van der Waals surface area contributed by atoms with Gasteiger partial charge in [0.1, 0.15) is 0 Å². The molecule has 0 saturated heterocycles. The van der Waals surface area contributed by atoms with Gasteiger partial charge in [0, 0.05) is 37.5 Å². The normalized spacial score (nSPS) is 10.2. The Morgan fingerprint density at radius 3 is 2.33 bits per heavy atom. The van der Waals surface area contributed by atoms with Gasteiger partial charge in [0.2, 0.25) is 0 Å². The predicted octanol–water partition coefficient (Wildman–Crippen LogP) is 1.64. The fraction of sp³-hybridized carbons (Fsp3) is 0.500. The molecule has 0 bridgehead atoms. The number of anilines is 1. The summed E-state index contributed by atoms with van der Waals surface area (Å²) in [7, 11) is 0. The lowest BCUT2D eigenvalue weighted by Crippen LogP contribution is -2.25. The average molecular weight is 250 g/mol. The van der Waals surface area contributed by atoms with Crippen LogP contribution >= 0.6 is 0 Å². The molecule has 0 atom stereocenters. The van der Waals surface area contributed by atoms with Crippen LogP contribution in [0.15, 0.2) is 24.3 Å². The number of aliphatic hydroxyl groups is 1. The van der Waals surface area contributed by atoms with Crippen LogP contribution in [0.1, 0.15) is 30.6 Å². The first-order chi connectivity index (χ1) is 8.72. The number of nitrogens with one attached hydrogen (secondary N) is 1. The quantitative estimate of drug-likeness (QED) is 0.723. The summed E-state index contributed by atoms with van der Waals surface area (Å²) in [5.41, 5.74) is 1.79. The minimum Gasteiger partial charge on any atom is -0.396 e. The van der Waals surface area contributed by atoms with E-state index in [9.17, 15) is 4.79 Å². The van der Waals surface area contributed by atoms with Crippen LogP contribution in [0.2, 0.25) is 0 Å². The summed E-state index contributed by atoms with van der Waals surface area (Å²) in [6.07, 6.45) is 0.587. The molecule has 0 radical (unpaired) electrons. The molecule has 0 aliphatic carbocycles. The van der Waals surface area contributed by atoms with E-state index < -0.39 is 0 Å². The molecule has 2 N–H and O–H groups in total. The molecule has 0 fully saturated rings. The highest BCUT2D eigenvalue weighted by atomic mass is 16.3. The Hall–Kier alpha value is -1.55. The summed E-state index contributed by atoms with van der Waals surface area (Å²) in [5.74, 6) is -0.0884. The number of hydrogen-bond acceptors (Lipinski definition) is 3. The number of amides is 1. The molecular weight excluding hydrogens is 228 g/mol. The van der Waals surface area contributed by atoms with Gasteiger partial charge in [-0.25, -0.2) is 0 Å². The van der Waals surface area contributed by atoms with Crippen molar-refractivity contribution in [1.82, 2.24) is 5.32 Å². The molecule has 0 heterocycles. The number of aliphatic hydroxyl groups excluding tert-OH is 1. The average Bonchev–Trinajstić information content (AvgIpc) is 2.41. The lowest BCUT2D eigenvalue weighted by Gasteiger charge is -2.21. The number of rotatable bonds is 7. The van der Waals surface area contributed by atoms with Crippen LogP contribution in [-0.2, 0) is 0 Å². The molecule has 1 aromatic rings. The summed E-state index contributed by atoms with van der Waals surface area (Å²) < 4.78 is 0. The van der Waals surface area contributed by atoms with E-state index in [4.69, 9.17) is 5.11 Å². The van der Waals surface area contributed by atoms with Gasteiger partial charge in [0.25, 0.3) is 5.91 Å². The largest absolute Gasteiger partial charge is 0.396 e. The van der Waals surface area contributed by atoms with Crippen LogP contribution < -0.4 is 10.2 Å². The Kier molecular flexibility index (Phi) is 6.22. The molecule has 0 spiro atoms. The Morgan fingerprint density at radius 1 is 1.22 bits per heavy atom. The van der Waals surface area contributed by atoms with Crippen molar-refractivity contribution in [1.29, 1.82) is 0 Å². The lowest BCUT2D eigenvalue weighted by atomic mass is 10.2. The fourth-order valence-corrected chi connectivity index (χ4v) is 1.80. The minimum absolute atomic E-state index is 0.0884. The number of carbonyl (C=O) groups is 1. The summed E-state index contributed by atoms with van der Waals surface area (Å²) in [5, 5.41) is 11.4. The smallest absolute Gasteiger partial charge is 0.251 e. The molecule has 1 amide bonds. The van der Waals surface area contributed by atoms with Crippen molar-refractivity contribution in [3.8, 4) is 0 Å². The summed E-state index contributed by atoms with van der Waals surface area (Å²) >= 11 is 0. The van der Waals surface area contributed by atoms with E-state index in [-0.39, 0.29) is 12.5 Å². The Balaban J connectivity index is 2.61. The highest BCUT2D eigenvalue weighted by molar-refractivity contribution is 5.94. The molecule has 0 aromatic heterocycles. The van der Waals surface area contributed by atoms with Gasteiger partial charge in [0.05, 0.1) is 0 Å². The third-order valence-corrected chi connectivity index (χ3v) is 2.88. The van der Waals surface area contributed by atoms with Crippen LogP contribution in [0.3, 0.4) is 0 Å². The molecule has 18 heavy (non-hydrogen) atoms. The van der Waals surface area contributed by atoms with Gasteiger partial charge >= 0.3 is 0 Å². The molecule has 4 nitrogen and oxygen atoms in total. The predicted molar refractivity (Wildman–Crippen MR) is 74.0 cm³/mol. The molecule has 1 rings (SSSR count). The highest BCUT2D eigenvalue weighted by Gasteiger charge is 2.06. The van der Waals surface area contributed by atoms with Crippen LogP contribution in [0, 0.1) is 0 Å².